The minimum atomic E-state index is -0.890. The first-order valence-corrected chi connectivity index (χ1v) is 7.24. The van der Waals surface area contributed by atoms with Crippen molar-refractivity contribution in [3.8, 4) is 0 Å². The first kappa shape index (κ1) is 14.2. The molecule has 1 saturated heterocycles. The molecule has 19 heavy (non-hydrogen) atoms. The van der Waals surface area contributed by atoms with Gasteiger partial charge in [0.05, 0.1) is 0 Å². The summed E-state index contributed by atoms with van der Waals surface area (Å²) in [7, 11) is 0. The average Bonchev–Trinajstić information content (AvgIpc) is 2.74. The standard InChI is InChI=1S/C14H24N2O3/c1-10-6-5-9-16(11(10)12(17)18)13(19)15-14(2)7-3-4-8-14/h10-11H,3-9H2,1-2H3,(H,15,19)(H,17,18). The normalized spacial score (nSPS) is 30.1. The second kappa shape index (κ2) is 5.39. The molecule has 0 radical (unpaired) electrons. The van der Waals surface area contributed by atoms with Crippen molar-refractivity contribution in [1.29, 1.82) is 0 Å². The second-order valence-electron chi connectivity index (χ2n) is 6.29. The van der Waals surface area contributed by atoms with Gasteiger partial charge in [0.25, 0.3) is 0 Å². The largest absolute Gasteiger partial charge is 0.480 e. The number of aliphatic carboxylic acids is 1. The zero-order valence-corrected chi connectivity index (χ0v) is 11.8. The number of nitrogens with one attached hydrogen (secondary N) is 1. The van der Waals surface area contributed by atoms with Crippen LogP contribution in [0.15, 0.2) is 0 Å². The molecule has 5 heteroatoms. The van der Waals surface area contributed by atoms with Crippen molar-refractivity contribution >= 4 is 12.0 Å². The zero-order chi connectivity index (χ0) is 14.0. The Hall–Kier alpha value is -1.26. The van der Waals surface area contributed by atoms with E-state index in [1.807, 2.05) is 6.92 Å². The van der Waals surface area contributed by atoms with E-state index in [1.54, 1.807) is 0 Å². The third-order valence-electron chi connectivity index (χ3n) is 4.56. The molecule has 0 bridgehead atoms. The Morgan fingerprint density at radius 3 is 2.47 bits per heavy atom. The fraction of sp³-hybridized carbons (Fsp3) is 0.857. The lowest BCUT2D eigenvalue weighted by molar-refractivity contribution is -0.145. The molecule has 2 atom stereocenters. The Morgan fingerprint density at radius 1 is 1.26 bits per heavy atom. The van der Waals surface area contributed by atoms with Crippen LogP contribution in [0.4, 0.5) is 4.79 Å². The lowest BCUT2D eigenvalue weighted by atomic mass is 9.91. The van der Waals surface area contributed by atoms with Crippen molar-refractivity contribution in [2.75, 3.05) is 6.54 Å². The number of carboxylic acid groups (broad SMARTS) is 1. The smallest absolute Gasteiger partial charge is 0.326 e. The van der Waals surface area contributed by atoms with Crippen LogP contribution in [0, 0.1) is 5.92 Å². The molecule has 2 N–H and O–H groups in total. The predicted octanol–water partition coefficient (Wildman–Crippen LogP) is 2.21. The summed E-state index contributed by atoms with van der Waals surface area (Å²) in [4.78, 5) is 25.3. The van der Waals surface area contributed by atoms with Gasteiger partial charge >= 0.3 is 12.0 Å². The van der Waals surface area contributed by atoms with Gasteiger partial charge in [0.15, 0.2) is 0 Å². The molecule has 0 aromatic carbocycles. The number of nitrogens with zero attached hydrogens (tertiary/aromatic N) is 1. The maximum Gasteiger partial charge on any atom is 0.326 e. The quantitative estimate of drug-likeness (QED) is 0.806. The van der Waals surface area contributed by atoms with Crippen molar-refractivity contribution in [1.82, 2.24) is 10.2 Å². The van der Waals surface area contributed by atoms with E-state index in [0.29, 0.717) is 6.54 Å². The summed E-state index contributed by atoms with van der Waals surface area (Å²) in [5, 5.41) is 12.4. The van der Waals surface area contributed by atoms with Crippen LogP contribution in [0.3, 0.4) is 0 Å². The summed E-state index contributed by atoms with van der Waals surface area (Å²) in [5.41, 5.74) is -0.152. The van der Waals surface area contributed by atoms with E-state index in [0.717, 1.165) is 38.5 Å². The molecule has 2 fully saturated rings. The highest BCUT2D eigenvalue weighted by molar-refractivity contribution is 5.83. The maximum atomic E-state index is 12.4. The lowest BCUT2D eigenvalue weighted by Gasteiger charge is -2.39. The summed E-state index contributed by atoms with van der Waals surface area (Å²) in [5.74, 6) is -0.868. The Kier molecular flexibility index (Phi) is 4.02. The number of carboxylic acids is 1. The molecule has 0 aromatic rings. The number of urea groups is 1. The van der Waals surface area contributed by atoms with Gasteiger partial charge in [0.2, 0.25) is 0 Å². The lowest BCUT2D eigenvalue weighted by Crippen LogP contribution is -2.58. The minimum Gasteiger partial charge on any atom is -0.480 e. The highest BCUT2D eigenvalue weighted by atomic mass is 16.4. The molecule has 108 valence electrons. The van der Waals surface area contributed by atoms with Crippen molar-refractivity contribution in [2.45, 2.75) is 64.0 Å². The van der Waals surface area contributed by atoms with E-state index in [9.17, 15) is 14.7 Å². The number of hydrogen-bond donors (Lipinski definition) is 2. The van der Waals surface area contributed by atoms with Gasteiger partial charge < -0.3 is 15.3 Å². The van der Waals surface area contributed by atoms with Crippen molar-refractivity contribution in [3.63, 3.8) is 0 Å². The van der Waals surface area contributed by atoms with Gasteiger partial charge in [0.1, 0.15) is 6.04 Å². The van der Waals surface area contributed by atoms with Crippen LogP contribution in [0.1, 0.15) is 52.4 Å². The topological polar surface area (TPSA) is 69.6 Å². The Morgan fingerprint density at radius 2 is 1.89 bits per heavy atom. The number of amides is 2. The zero-order valence-electron chi connectivity index (χ0n) is 11.8. The van der Waals surface area contributed by atoms with Gasteiger partial charge in [-0.1, -0.05) is 19.8 Å². The summed E-state index contributed by atoms with van der Waals surface area (Å²) >= 11 is 0. The molecule has 2 aliphatic rings. The fourth-order valence-electron chi connectivity index (χ4n) is 3.40. The third kappa shape index (κ3) is 3.01. The number of carbonyl (C=O) groups is 2. The molecule has 2 amide bonds. The number of piperidine rings is 1. The van der Waals surface area contributed by atoms with Crippen LogP contribution < -0.4 is 5.32 Å². The Labute approximate surface area is 114 Å². The summed E-state index contributed by atoms with van der Waals surface area (Å²) in [6.07, 6.45) is 6.00. The summed E-state index contributed by atoms with van der Waals surface area (Å²) in [6, 6.07) is -0.887. The molecule has 1 aliphatic carbocycles. The molecule has 1 aliphatic heterocycles. The molecule has 2 unspecified atom stereocenters. The molecule has 1 heterocycles. The number of likely N-dealkylation sites (tertiary alicyclic amines) is 1. The molecule has 1 saturated carbocycles. The molecule has 0 aromatic heterocycles. The molecule has 5 nitrogen and oxygen atoms in total. The highest BCUT2D eigenvalue weighted by Crippen LogP contribution is 2.30. The third-order valence-corrected chi connectivity index (χ3v) is 4.56. The van der Waals surface area contributed by atoms with E-state index < -0.39 is 12.0 Å². The van der Waals surface area contributed by atoms with Crippen molar-refractivity contribution in [2.24, 2.45) is 5.92 Å². The fourth-order valence-corrected chi connectivity index (χ4v) is 3.40. The van der Waals surface area contributed by atoms with Gasteiger partial charge in [-0.3, -0.25) is 0 Å². The monoisotopic (exact) mass is 268 g/mol. The number of rotatable bonds is 2. The summed E-state index contributed by atoms with van der Waals surface area (Å²) < 4.78 is 0. The van der Waals surface area contributed by atoms with Crippen LogP contribution in [0.25, 0.3) is 0 Å². The summed E-state index contributed by atoms with van der Waals surface area (Å²) in [6.45, 7) is 4.51. The van der Waals surface area contributed by atoms with Crippen LogP contribution in [-0.4, -0.2) is 40.1 Å². The minimum absolute atomic E-state index is 0.0217. The molecule has 0 spiro atoms. The van der Waals surface area contributed by atoms with Gasteiger partial charge in [-0.15, -0.1) is 0 Å². The van der Waals surface area contributed by atoms with Crippen LogP contribution in [-0.2, 0) is 4.79 Å². The van der Waals surface area contributed by atoms with Crippen molar-refractivity contribution in [3.05, 3.63) is 0 Å². The highest BCUT2D eigenvalue weighted by Gasteiger charge is 2.39. The van der Waals surface area contributed by atoms with E-state index in [1.165, 1.54) is 4.90 Å². The van der Waals surface area contributed by atoms with Crippen LogP contribution in [0.5, 0.6) is 0 Å². The SMILES string of the molecule is CC1CCCN(C(=O)NC2(C)CCCC2)C1C(=O)O. The first-order valence-electron chi connectivity index (χ1n) is 7.24. The van der Waals surface area contributed by atoms with E-state index >= 15 is 0 Å². The Balaban J connectivity index is 2.05. The van der Waals surface area contributed by atoms with Gasteiger partial charge in [-0.25, -0.2) is 9.59 Å². The van der Waals surface area contributed by atoms with Gasteiger partial charge in [0, 0.05) is 12.1 Å². The van der Waals surface area contributed by atoms with E-state index in [-0.39, 0.29) is 17.5 Å². The van der Waals surface area contributed by atoms with Crippen LogP contribution in [0.2, 0.25) is 0 Å². The van der Waals surface area contributed by atoms with Crippen LogP contribution >= 0.6 is 0 Å². The average molecular weight is 268 g/mol. The molecular formula is C14H24N2O3. The van der Waals surface area contributed by atoms with Gasteiger partial charge in [-0.2, -0.15) is 0 Å². The number of carbonyl (C=O) groups excluding carboxylic acids is 1. The molecular weight excluding hydrogens is 244 g/mol. The van der Waals surface area contributed by atoms with Crippen molar-refractivity contribution < 1.29 is 14.7 Å². The number of hydrogen-bond acceptors (Lipinski definition) is 2. The molecule has 2 rings (SSSR count). The maximum absolute atomic E-state index is 12.4. The predicted molar refractivity (Wildman–Crippen MR) is 71.9 cm³/mol. The van der Waals surface area contributed by atoms with Gasteiger partial charge in [-0.05, 0) is 38.5 Å². The Bertz CT molecular complexity index is 364. The van der Waals surface area contributed by atoms with E-state index in [2.05, 4.69) is 12.2 Å². The van der Waals surface area contributed by atoms with E-state index in [4.69, 9.17) is 0 Å². The second-order valence-corrected chi connectivity index (χ2v) is 6.29. The first-order chi connectivity index (χ1) is 8.93.